The van der Waals surface area contributed by atoms with Gasteiger partial charge in [0.05, 0.1) is 43.1 Å². The van der Waals surface area contributed by atoms with Gasteiger partial charge in [-0.2, -0.15) is 0 Å². The van der Waals surface area contributed by atoms with Gasteiger partial charge in [0.25, 0.3) is 5.91 Å². The number of nitrogens with one attached hydrogen (secondary N) is 3. The number of pyridine rings is 1. The predicted octanol–water partition coefficient (Wildman–Crippen LogP) is 2.44. The number of anilines is 1. The number of morpholine rings is 1. The molecule has 0 spiro atoms. The topological polar surface area (TPSA) is 109 Å². The molecule has 2 aromatic heterocycles. The number of ether oxygens (including phenoxy) is 1. The fourth-order valence-electron chi connectivity index (χ4n) is 4.54. The lowest BCUT2D eigenvalue weighted by Crippen LogP contribution is -2.45. The van der Waals surface area contributed by atoms with Crippen LogP contribution in [-0.2, 0) is 4.74 Å². The lowest BCUT2D eigenvalue weighted by molar-refractivity contribution is 0.0931. The van der Waals surface area contributed by atoms with E-state index in [2.05, 4.69) is 63.2 Å². The zero-order chi connectivity index (χ0) is 25.3. The Labute approximate surface area is 211 Å². The summed E-state index contributed by atoms with van der Waals surface area (Å²) in [4.78, 5) is 19.7. The molecule has 0 aliphatic carbocycles. The number of hydrogen-bond donors (Lipinski definition) is 3. The van der Waals surface area contributed by atoms with Crippen LogP contribution in [0.4, 0.5) is 5.69 Å². The lowest BCUT2D eigenvalue weighted by Gasteiger charge is -2.28. The Kier molecular flexibility index (Phi) is 6.74. The second-order valence-corrected chi connectivity index (χ2v) is 10.5. The van der Waals surface area contributed by atoms with Crippen molar-refractivity contribution < 1.29 is 9.53 Å². The quantitative estimate of drug-likeness (QED) is 0.500. The first-order valence-electron chi connectivity index (χ1n) is 12.4. The largest absolute Gasteiger partial charge is 0.378 e. The summed E-state index contributed by atoms with van der Waals surface area (Å²) in [6, 6.07) is 7.99. The number of carbonyl (C=O) groups is 1. The van der Waals surface area contributed by atoms with E-state index in [0.717, 1.165) is 47.7 Å². The number of aromatic nitrogens is 4. The molecule has 5 rings (SSSR count). The van der Waals surface area contributed by atoms with E-state index in [9.17, 15) is 4.79 Å². The molecule has 36 heavy (non-hydrogen) atoms. The molecule has 1 amide bonds. The maximum absolute atomic E-state index is 13.0. The molecule has 0 radical (unpaired) electrons. The van der Waals surface area contributed by atoms with Crippen molar-refractivity contribution in [1.82, 2.24) is 36.1 Å². The average Bonchev–Trinajstić information content (AvgIpc) is 3.55. The number of nitrogens with zero attached hydrogens (tertiary/aromatic N) is 5. The third kappa shape index (κ3) is 5.25. The monoisotopic (exact) mass is 490 g/mol. The van der Waals surface area contributed by atoms with E-state index in [1.54, 1.807) is 10.9 Å². The molecule has 4 heterocycles. The SMILES string of the molecule is Cc1ccc(C(=O)NC2CC(C(C)(C)C)NN2)cc1-n1cc(-c2cncc(N3CCOCC3)c2)nn1. The van der Waals surface area contributed by atoms with Crippen LogP contribution in [-0.4, -0.2) is 64.4 Å². The number of aryl methyl sites for hydroxylation is 1. The molecule has 190 valence electrons. The molecule has 1 aromatic carbocycles. The van der Waals surface area contributed by atoms with Crippen LogP contribution in [0.3, 0.4) is 0 Å². The molecule has 2 aliphatic rings. The minimum atomic E-state index is -0.132. The summed E-state index contributed by atoms with van der Waals surface area (Å²) in [5, 5.41) is 11.8. The third-order valence-corrected chi connectivity index (χ3v) is 6.86. The van der Waals surface area contributed by atoms with E-state index < -0.39 is 0 Å². The fourth-order valence-corrected chi connectivity index (χ4v) is 4.54. The van der Waals surface area contributed by atoms with Gasteiger partial charge >= 0.3 is 0 Å². The molecule has 10 heteroatoms. The van der Waals surface area contributed by atoms with Crippen LogP contribution in [0.5, 0.6) is 0 Å². The van der Waals surface area contributed by atoms with Gasteiger partial charge in [-0.15, -0.1) is 5.10 Å². The fraction of sp³-hybridized carbons (Fsp3) is 0.462. The molecule has 0 saturated carbocycles. The smallest absolute Gasteiger partial charge is 0.252 e. The minimum Gasteiger partial charge on any atom is -0.378 e. The van der Waals surface area contributed by atoms with Gasteiger partial charge in [-0.05, 0) is 42.5 Å². The molecule has 10 nitrogen and oxygen atoms in total. The van der Waals surface area contributed by atoms with Gasteiger partial charge in [-0.25, -0.2) is 10.1 Å². The van der Waals surface area contributed by atoms with Crippen molar-refractivity contribution in [2.24, 2.45) is 5.41 Å². The highest BCUT2D eigenvalue weighted by Gasteiger charge is 2.33. The first-order chi connectivity index (χ1) is 17.3. The lowest BCUT2D eigenvalue weighted by atomic mass is 9.85. The summed E-state index contributed by atoms with van der Waals surface area (Å²) in [5.74, 6) is -0.132. The van der Waals surface area contributed by atoms with E-state index >= 15 is 0 Å². The van der Waals surface area contributed by atoms with Crippen molar-refractivity contribution in [2.45, 2.75) is 46.3 Å². The Balaban J connectivity index is 1.32. The highest BCUT2D eigenvalue weighted by Crippen LogP contribution is 2.26. The van der Waals surface area contributed by atoms with Crippen LogP contribution in [0.2, 0.25) is 0 Å². The molecule has 2 unspecified atom stereocenters. The number of hydrazine groups is 1. The predicted molar refractivity (Wildman–Crippen MR) is 138 cm³/mol. The van der Waals surface area contributed by atoms with Crippen molar-refractivity contribution in [3.63, 3.8) is 0 Å². The van der Waals surface area contributed by atoms with Gasteiger partial charge in [0.1, 0.15) is 5.69 Å². The molecule has 2 saturated heterocycles. The summed E-state index contributed by atoms with van der Waals surface area (Å²) in [5.41, 5.74) is 11.6. The van der Waals surface area contributed by atoms with Crippen molar-refractivity contribution in [2.75, 3.05) is 31.2 Å². The highest BCUT2D eigenvalue weighted by atomic mass is 16.5. The standard InChI is InChI=1S/C26H34N8O2/c1-17-5-6-18(25(35)28-24-13-23(30-31-24)26(2,3)4)12-22(17)34-16-21(29-32-34)19-11-20(15-27-14-19)33-7-9-36-10-8-33/h5-6,11-12,14-16,23-24,30-31H,7-10,13H2,1-4H3,(H,28,35). The van der Waals surface area contributed by atoms with Gasteiger partial charge in [0, 0.05) is 36.5 Å². The van der Waals surface area contributed by atoms with Crippen LogP contribution in [0.1, 0.15) is 43.1 Å². The molecule has 3 N–H and O–H groups in total. The number of hydrogen-bond acceptors (Lipinski definition) is 8. The second-order valence-electron chi connectivity index (χ2n) is 10.5. The first kappa shape index (κ1) is 24.4. The van der Waals surface area contributed by atoms with E-state index in [-0.39, 0.29) is 23.5 Å². The summed E-state index contributed by atoms with van der Waals surface area (Å²) in [6.45, 7) is 11.7. The number of benzene rings is 1. The molecule has 3 aromatic rings. The number of carbonyl (C=O) groups excluding carboxylic acids is 1. The molecular formula is C26H34N8O2. The Bertz CT molecular complexity index is 1230. The van der Waals surface area contributed by atoms with E-state index in [0.29, 0.717) is 18.8 Å². The van der Waals surface area contributed by atoms with Gasteiger partial charge < -0.3 is 15.0 Å². The van der Waals surface area contributed by atoms with Crippen LogP contribution >= 0.6 is 0 Å². The number of amides is 1. The summed E-state index contributed by atoms with van der Waals surface area (Å²) >= 11 is 0. The Morgan fingerprint density at radius 2 is 1.94 bits per heavy atom. The highest BCUT2D eigenvalue weighted by molar-refractivity contribution is 5.95. The van der Waals surface area contributed by atoms with E-state index in [4.69, 9.17) is 4.74 Å². The van der Waals surface area contributed by atoms with Gasteiger partial charge in [0.2, 0.25) is 0 Å². The van der Waals surface area contributed by atoms with Gasteiger partial charge in [-0.1, -0.05) is 32.1 Å². The van der Waals surface area contributed by atoms with Crippen molar-refractivity contribution in [3.8, 4) is 16.9 Å². The minimum absolute atomic E-state index is 0.103. The van der Waals surface area contributed by atoms with Crippen LogP contribution in [0.15, 0.2) is 42.9 Å². The van der Waals surface area contributed by atoms with Crippen molar-refractivity contribution in [3.05, 3.63) is 54.0 Å². The third-order valence-electron chi connectivity index (χ3n) is 6.86. The molecular weight excluding hydrogens is 456 g/mol. The summed E-state index contributed by atoms with van der Waals surface area (Å²) < 4.78 is 7.17. The Morgan fingerprint density at radius 3 is 2.69 bits per heavy atom. The molecule has 0 bridgehead atoms. The molecule has 2 aliphatic heterocycles. The Morgan fingerprint density at radius 1 is 1.14 bits per heavy atom. The molecule has 2 fully saturated rings. The van der Waals surface area contributed by atoms with Crippen LogP contribution < -0.4 is 21.1 Å². The van der Waals surface area contributed by atoms with E-state index in [1.165, 1.54) is 0 Å². The zero-order valence-electron chi connectivity index (χ0n) is 21.3. The summed E-state index contributed by atoms with van der Waals surface area (Å²) in [7, 11) is 0. The van der Waals surface area contributed by atoms with E-state index in [1.807, 2.05) is 37.5 Å². The van der Waals surface area contributed by atoms with Crippen LogP contribution in [0.25, 0.3) is 16.9 Å². The normalized spacial score (nSPS) is 20.5. The molecule has 2 atom stereocenters. The second kappa shape index (κ2) is 9.96. The van der Waals surface area contributed by atoms with Crippen molar-refractivity contribution >= 4 is 11.6 Å². The Hall–Kier alpha value is -3.34. The average molecular weight is 491 g/mol. The van der Waals surface area contributed by atoms with Crippen LogP contribution in [0, 0.1) is 12.3 Å². The van der Waals surface area contributed by atoms with Crippen molar-refractivity contribution in [1.29, 1.82) is 0 Å². The summed E-state index contributed by atoms with van der Waals surface area (Å²) in [6.07, 6.45) is 6.22. The van der Waals surface area contributed by atoms with Gasteiger partial charge in [-0.3, -0.25) is 15.2 Å². The zero-order valence-corrected chi connectivity index (χ0v) is 21.3. The maximum atomic E-state index is 13.0. The number of rotatable bonds is 5. The first-order valence-corrected chi connectivity index (χ1v) is 12.4. The van der Waals surface area contributed by atoms with Gasteiger partial charge in [0.15, 0.2) is 0 Å². The maximum Gasteiger partial charge on any atom is 0.252 e.